The molecule has 0 atom stereocenters. The van der Waals surface area contributed by atoms with E-state index < -0.39 is 11.6 Å². The highest BCUT2D eigenvalue weighted by Gasteiger charge is 2.30. The highest BCUT2D eigenvalue weighted by Crippen LogP contribution is 2.41. The Morgan fingerprint density at radius 2 is 1.86 bits per heavy atom. The van der Waals surface area contributed by atoms with Crippen molar-refractivity contribution in [2.75, 3.05) is 36.1 Å². The Bertz CT molecular complexity index is 1280. The highest BCUT2D eigenvalue weighted by molar-refractivity contribution is 8.00. The summed E-state index contributed by atoms with van der Waals surface area (Å²) in [6.07, 6.45) is 5.11. The SMILES string of the molecule is CC(C)N1C(=O)CSc2c(F)cc(-c3nc(Nc4ccc(C5CCN(C)CC5)cn4)ncc3F)cc21. The Balaban J connectivity index is 1.41. The van der Waals surface area contributed by atoms with Crippen molar-refractivity contribution in [1.82, 2.24) is 19.9 Å². The third-order valence-corrected chi connectivity index (χ3v) is 7.73. The monoisotopic (exact) mass is 510 g/mol. The van der Waals surface area contributed by atoms with Gasteiger partial charge in [-0.25, -0.2) is 23.7 Å². The van der Waals surface area contributed by atoms with Crippen LogP contribution in [0.4, 0.5) is 26.2 Å². The van der Waals surface area contributed by atoms with Gasteiger partial charge in [-0.05, 0) is 76.5 Å². The van der Waals surface area contributed by atoms with Crippen LogP contribution in [0.15, 0.2) is 41.6 Å². The molecule has 2 aliphatic heterocycles. The number of halogens is 2. The number of aromatic nitrogens is 3. The molecule has 5 rings (SSSR count). The fraction of sp³-hybridized carbons (Fsp3) is 0.385. The minimum Gasteiger partial charge on any atom is -0.309 e. The molecule has 2 aromatic heterocycles. The molecule has 0 bridgehead atoms. The van der Waals surface area contributed by atoms with Gasteiger partial charge in [0, 0.05) is 17.8 Å². The standard InChI is InChI=1S/C26H28F2N6OS/c1-15(2)34-21-11-18(10-19(27)25(21)36-14-23(34)35)24-20(28)13-30-26(32-24)31-22-5-4-17(12-29-22)16-6-8-33(3)9-7-16/h4-5,10-13,15-16H,6-9,14H2,1-3H3,(H,29,30,31,32). The number of anilines is 3. The van der Waals surface area contributed by atoms with E-state index in [1.165, 1.54) is 11.6 Å². The molecule has 4 heterocycles. The first-order valence-corrected chi connectivity index (χ1v) is 13.0. The van der Waals surface area contributed by atoms with Crippen LogP contribution in [-0.2, 0) is 4.79 Å². The topological polar surface area (TPSA) is 74.2 Å². The van der Waals surface area contributed by atoms with Crippen LogP contribution in [0.25, 0.3) is 11.3 Å². The quantitative estimate of drug-likeness (QED) is 0.505. The predicted octanol–water partition coefficient (Wildman–Crippen LogP) is 5.22. The number of carbonyl (C=O) groups is 1. The highest BCUT2D eigenvalue weighted by atomic mass is 32.2. The first-order chi connectivity index (χ1) is 17.3. The summed E-state index contributed by atoms with van der Waals surface area (Å²) in [4.78, 5) is 29.6. The van der Waals surface area contributed by atoms with Gasteiger partial charge < -0.3 is 15.1 Å². The van der Waals surface area contributed by atoms with Crippen molar-refractivity contribution >= 4 is 35.1 Å². The van der Waals surface area contributed by atoms with Crippen LogP contribution >= 0.6 is 11.8 Å². The number of piperidine rings is 1. The van der Waals surface area contributed by atoms with Crippen molar-refractivity contribution in [1.29, 1.82) is 0 Å². The van der Waals surface area contributed by atoms with Crippen LogP contribution in [0.3, 0.4) is 0 Å². The maximum atomic E-state index is 15.0. The maximum absolute atomic E-state index is 15.0. The van der Waals surface area contributed by atoms with E-state index in [0.29, 0.717) is 22.3 Å². The number of fused-ring (bicyclic) bond motifs is 1. The number of nitrogens with zero attached hydrogens (tertiary/aromatic N) is 5. The van der Waals surface area contributed by atoms with E-state index in [4.69, 9.17) is 0 Å². The average molecular weight is 511 g/mol. The number of thioether (sulfide) groups is 1. The molecule has 0 aliphatic carbocycles. The van der Waals surface area contributed by atoms with Gasteiger partial charge in [0.25, 0.3) is 0 Å². The van der Waals surface area contributed by atoms with Crippen LogP contribution in [-0.4, -0.2) is 57.7 Å². The minimum atomic E-state index is -0.684. The van der Waals surface area contributed by atoms with Crippen LogP contribution in [0.1, 0.15) is 38.2 Å². The number of hydrogen-bond acceptors (Lipinski definition) is 7. The number of amides is 1. The summed E-state index contributed by atoms with van der Waals surface area (Å²) < 4.78 is 29.8. The lowest BCUT2D eigenvalue weighted by Crippen LogP contribution is -2.40. The fourth-order valence-electron chi connectivity index (χ4n) is 4.75. The molecule has 0 spiro atoms. The first kappa shape index (κ1) is 24.6. The molecule has 1 saturated heterocycles. The summed E-state index contributed by atoms with van der Waals surface area (Å²) in [5.74, 6) is 0.0379. The van der Waals surface area contributed by atoms with Crippen molar-refractivity contribution in [3.05, 3.63) is 53.9 Å². The number of benzene rings is 1. The van der Waals surface area contributed by atoms with Crippen molar-refractivity contribution in [3.8, 4) is 11.3 Å². The van der Waals surface area contributed by atoms with Crippen molar-refractivity contribution in [3.63, 3.8) is 0 Å². The summed E-state index contributed by atoms with van der Waals surface area (Å²) in [6.45, 7) is 5.87. The Kier molecular flexibility index (Phi) is 6.90. The lowest BCUT2D eigenvalue weighted by atomic mass is 9.91. The van der Waals surface area contributed by atoms with E-state index in [-0.39, 0.29) is 34.9 Å². The number of pyridine rings is 1. The van der Waals surface area contributed by atoms with Crippen LogP contribution in [0.2, 0.25) is 0 Å². The third-order valence-electron chi connectivity index (χ3n) is 6.64. The summed E-state index contributed by atoms with van der Waals surface area (Å²) in [7, 11) is 2.13. The van der Waals surface area contributed by atoms with Crippen molar-refractivity contribution in [2.24, 2.45) is 0 Å². The lowest BCUT2D eigenvalue weighted by Gasteiger charge is -2.32. The average Bonchev–Trinajstić information content (AvgIpc) is 2.85. The van der Waals surface area contributed by atoms with Gasteiger partial charge in [0.1, 0.15) is 17.3 Å². The zero-order chi connectivity index (χ0) is 25.4. The third kappa shape index (κ3) is 4.92. The largest absolute Gasteiger partial charge is 0.309 e. The molecule has 188 valence electrons. The first-order valence-electron chi connectivity index (χ1n) is 12.0. The van der Waals surface area contributed by atoms with Crippen LogP contribution in [0, 0.1) is 11.6 Å². The van der Waals surface area contributed by atoms with Crippen LogP contribution in [0.5, 0.6) is 0 Å². The number of nitrogens with one attached hydrogen (secondary N) is 1. The van der Waals surface area contributed by atoms with Crippen molar-refractivity contribution in [2.45, 2.75) is 43.5 Å². The molecule has 1 aromatic carbocycles. The molecule has 3 aromatic rings. The fourth-order valence-corrected chi connectivity index (χ4v) is 5.66. The molecule has 0 saturated carbocycles. The normalized spacial score (nSPS) is 16.9. The zero-order valence-corrected chi connectivity index (χ0v) is 21.3. The molecule has 1 N–H and O–H groups in total. The smallest absolute Gasteiger partial charge is 0.237 e. The minimum absolute atomic E-state index is 0.0520. The van der Waals surface area contributed by atoms with E-state index in [0.717, 1.165) is 43.9 Å². The van der Waals surface area contributed by atoms with E-state index >= 15 is 4.39 Å². The molecule has 36 heavy (non-hydrogen) atoms. The second-order valence-corrected chi connectivity index (χ2v) is 10.5. The van der Waals surface area contributed by atoms with Gasteiger partial charge in [-0.3, -0.25) is 4.79 Å². The van der Waals surface area contributed by atoms with E-state index in [2.05, 4.69) is 32.2 Å². The molecule has 10 heteroatoms. The van der Waals surface area contributed by atoms with Gasteiger partial charge >= 0.3 is 0 Å². The van der Waals surface area contributed by atoms with Gasteiger partial charge in [-0.2, -0.15) is 0 Å². The Morgan fingerprint density at radius 3 is 2.56 bits per heavy atom. The summed E-state index contributed by atoms with van der Waals surface area (Å²) in [6, 6.07) is 6.62. The molecular weight excluding hydrogens is 482 g/mol. The molecule has 7 nitrogen and oxygen atoms in total. The maximum Gasteiger partial charge on any atom is 0.237 e. The summed E-state index contributed by atoms with van der Waals surface area (Å²) in [5.41, 5.74) is 1.81. The number of hydrogen-bond donors (Lipinski definition) is 1. The molecule has 0 radical (unpaired) electrons. The second kappa shape index (κ2) is 10.1. The molecule has 0 unspecified atom stereocenters. The number of rotatable bonds is 5. The lowest BCUT2D eigenvalue weighted by molar-refractivity contribution is -0.116. The molecule has 1 fully saturated rings. The zero-order valence-electron chi connectivity index (χ0n) is 20.5. The Hall–Kier alpha value is -3.11. The number of carbonyl (C=O) groups excluding carboxylic acids is 1. The van der Waals surface area contributed by atoms with Gasteiger partial charge in [0.15, 0.2) is 5.82 Å². The van der Waals surface area contributed by atoms with E-state index in [1.54, 1.807) is 11.0 Å². The number of likely N-dealkylation sites (tertiary alicyclic amines) is 1. The van der Waals surface area contributed by atoms with Crippen molar-refractivity contribution < 1.29 is 13.6 Å². The summed E-state index contributed by atoms with van der Waals surface area (Å²) in [5, 5.41) is 3.02. The molecular formula is C26H28F2N6OS. The van der Waals surface area contributed by atoms with E-state index in [9.17, 15) is 9.18 Å². The van der Waals surface area contributed by atoms with E-state index in [1.807, 2.05) is 32.2 Å². The second-order valence-electron chi connectivity index (χ2n) is 9.52. The Morgan fingerprint density at radius 1 is 1.08 bits per heavy atom. The predicted molar refractivity (Wildman–Crippen MR) is 138 cm³/mol. The molecule has 1 amide bonds. The van der Waals surface area contributed by atoms with Gasteiger partial charge in [0.2, 0.25) is 11.9 Å². The van der Waals surface area contributed by atoms with Crippen LogP contribution < -0.4 is 10.2 Å². The van der Waals surface area contributed by atoms with Gasteiger partial charge in [0.05, 0.1) is 22.5 Å². The summed E-state index contributed by atoms with van der Waals surface area (Å²) >= 11 is 1.15. The Labute approximate surface area is 213 Å². The van der Waals surface area contributed by atoms with Gasteiger partial charge in [-0.1, -0.05) is 6.07 Å². The molecule has 2 aliphatic rings. The van der Waals surface area contributed by atoms with Gasteiger partial charge in [-0.15, -0.1) is 11.8 Å².